The maximum atomic E-state index is 5.47. The summed E-state index contributed by atoms with van der Waals surface area (Å²) >= 11 is 0. The van der Waals surface area contributed by atoms with E-state index in [9.17, 15) is 0 Å². The van der Waals surface area contributed by atoms with Crippen LogP contribution in [-0.2, 0) is 4.74 Å². The molecule has 0 spiro atoms. The highest BCUT2D eigenvalue weighted by atomic mass is 16.5. The van der Waals surface area contributed by atoms with E-state index in [0.717, 1.165) is 11.8 Å². The second kappa shape index (κ2) is 2.96. The summed E-state index contributed by atoms with van der Waals surface area (Å²) in [5.74, 6) is 1.60. The molecule has 1 heteroatoms. The van der Waals surface area contributed by atoms with Crippen LogP contribution in [0.2, 0.25) is 0 Å². The Hall–Kier alpha value is -0.720. The highest BCUT2D eigenvalue weighted by molar-refractivity contribution is 5.18. The van der Waals surface area contributed by atoms with Crippen LogP contribution in [0.4, 0.5) is 0 Å². The summed E-state index contributed by atoms with van der Waals surface area (Å²) in [4.78, 5) is 0. The van der Waals surface area contributed by atoms with Crippen LogP contribution in [0, 0.1) is 11.8 Å². The van der Waals surface area contributed by atoms with Gasteiger partial charge in [0.05, 0.1) is 6.26 Å². The highest BCUT2D eigenvalue weighted by Crippen LogP contribution is 2.49. The van der Waals surface area contributed by atoms with Crippen molar-refractivity contribution in [2.75, 3.05) is 0 Å². The lowest BCUT2D eigenvalue weighted by molar-refractivity contribution is 0.101. The van der Waals surface area contributed by atoms with Gasteiger partial charge in [0.25, 0.3) is 0 Å². The van der Waals surface area contributed by atoms with Gasteiger partial charge in [-0.25, -0.2) is 0 Å². The van der Waals surface area contributed by atoms with Gasteiger partial charge in [-0.15, -0.1) is 0 Å². The Balaban J connectivity index is 2.02. The third-order valence-electron chi connectivity index (χ3n) is 3.29. The molecule has 0 aromatic rings. The first-order chi connectivity index (χ1) is 5.85. The number of hydrogen-bond donors (Lipinski definition) is 0. The van der Waals surface area contributed by atoms with Gasteiger partial charge in [-0.3, -0.25) is 0 Å². The Morgan fingerprint density at radius 1 is 1.50 bits per heavy atom. The molecule has 0 N–H and O–H groups in total. The molecule has 0 heterocycles. The van der Waals surface area contributed by atoms with Crippen LogP contribution in [0.3, 0.4) is 0 Å². The van der Waals surface area contributed by atoms with E-state index >= 15 is 0 Å². The fraction of sp³-hybridized carbons (Fsp3) is 0.636. The number of hydrogen-bond acceptors (Lipinski definition) is 1. The number of fused-ring (bicyclic) bond motifs is 2. The summed E-state index contributed by atoms with van der Waals surface area (Å²) in [6.45, 7) is 5.76. The first kappa shape index (κ1) is 7.90. The molecule has 0 amide bonds. The van der Waals surface area contributed by atoms with Gasteiger partial charge in [-0.1, -0.05) is 18.2 Å². The molecule has 3 atom stereocenters. The zero-order valence-electron chi connectivity index (χ0n) is 7.62. The van der Waals surface area contributed by atoms with Crippen LogP contribution in [0.5, 0.6) is 0 Å². The van der Waals surface area contributed by atoms with E-state index in [-0.39, 0.29) is 0 Å². The topological polar surface area (TPSA) is 9.23 Å². The van der Waals surface area contributed by atoms with Crippen LogP contribution in [0.15, 0.2) is 24.5 Å². The minimum atomic E-state index is 0.469. The minimum Gasteiger partial charge on any atom is -0.498 e. The van der Waals surface area contributed by atoms with Gasteiger partial charge in [-0.2, -0.15) is 0 Å². The van der Waals surface area contributed by atoms with Crippen LogP contribution in [-0.4, -0.2) is 6.10 Å². The largest absolute Gasteiger partial charge is 0.498 e. The lowest BCUT2D eigenvalue weighted by Gasteiger charge is -2.22. The minimum absolute atomic E-state index is 0.469. The van der Waals surface area contributed by atoms with Crippen LogP contribution in [0.1, 0.15) is 26.2 Å². The van der Waals surface area contributed by atoms with Crippen LogP contribution in [0.25, 0.3) is 0 Å². The van der Waals surface area contributed by atoms with Gasteiger partial charge in [0.2, 0.25) is 0 Å². The molecule has 66 valence electrons. The van der Waals surface area contributed by atoms with Crippen LogP contribution >= 0.6 is 0 Å². The molecule has 2 rings (SSSR count). The summed E-state index contributed by atoms with van der Waals surface area (Å²) in [5.41, 5.74) is 1.66. The molecule has 2 bridgehead atoms. The zero-order chi connectivity index (χ0) is 8.55. The quantitative estimate of drug-likeness (QED) is 0.450. The van der Waals surface area contributed by atoms with E-state index in [1.54, 1.807) is 11.8 Å². The van der Waals surface area contributed by atoms with Crippen molar-refractivity contribution in [2.24, 2.45) is 11.8 Å². The Bertz CT molecular complexity index is 217. The normalized spacial score (nSPS) is 42.1. The Morgan fingerprint density at radius 3 is 2.83 bits per heavy atom. The van der Waals surface area contributed by atoms with Crippen molar-refractivity contribution in [3.63, 3.8) is 0 Å². The van der Waals surface area contributed by atoms with Crippen molar-refractivity contribution in [1.82, 2.24) is 0 Å². The molecule has 0 saturated heterocycles. The molecule has 12 heavy (non-hydrogen) atoms. The fourth-order valence-corrected chi connectivity index (χ4v) is 2.72. The Morgan fingerprint density at radius 2 is 2.33 bits per heavy atom. The summed E-state index contributed by atoms with van der Waals surface area (Å²) in [5, 5.41) is 0. The van der Waals surface area contributed by atoms with Crippen LogP contribution < -0.4 is 0 Å². The van der Waals surface area contributed by atoms with E-state index in [2.05, 4.69) is 19.6 Å². The van der Waals surface area contributed by atoms with Crippen molar-refractivity contribution in [3.05, 3.63) is 24.5 Å². The molecule has 0 aliphatic heterocycles. The van der Waals surface area contributed by atoms with Gasteiger partial charge in [-0.05, 0) is 32.1 Å². The van der Waals surface area contributed by atoms with E-state index in [1.165, 1.54) is 19.3 Å². The van der Waals surface area contributed by atoms with Crippen molar-refractivity contribution < 1.29 is 4.74 Å². The van der Waals surface area contributed by atoms with E-state index < -0.39 is 0 Å². The fourth-order valence-electron chi connectivity index (χ4n) is 2.72. The van der Waals surface area contributed by atoms with Gasteiger partial charge in [0.15, 0.2) is 0 Å². The highest BCUT2D eigenvalue weighted by Gasteiger charge is 2.43. The standard InChI is InChI=1S/C11H16O/c1-3-8-5-10-6-9(8)7-11(10)12-4-2/h3-4,9-11H,2,5-7H2,1H3. The molecule has 0 radical (unpaired) electrons. The molecular weight excluding hydrogens is 148 g/mol. The zero-order valence-corrected chi connectivity index (χ0v) is 7.62. The number of rotatable bonds is 2. The SMILES string of the molecule is C=COC1CC2CC1CC2=CC. The molecule has 2 aliphatic rings. The average Bonchev–Trinajstić information content (AvgIpc) is 2.62. The monoisotopic (exact) mass is 164 g/mol. The summed E-state index contributed by atoms with van der Waals surface area (Å²) in [6, 6.07) is 0. The molecular formula is C11H16O. The molecule has 2 fully saturated rings. The second-order valence-corrected chi connectivity index (χ2v) is 3.84. The van der Waals surface area contributed by atoms with E-state index in [1.807, 2.05) is 0 Å². The Labute approximate surface area is 74.1 Å². The van der Waals surface area contributed by atoms with Gasteiger partial charge < -0.3 is 4.74 Å². The first-order valence-corrected chi connectivity index (χ1v) is 4.76. The maximum Gasteiger partial charge on any atom is 0.101 e. The molecule has 2 aliphatic carbocycles. The Kier molecular flexibility index (Phi) is 1.95. The van der Waals surface area contributed by atoms with E-state index in [4.69, 9.17) is 4.74 Å². The predicted molar refractivity (Wildman–Crippen MR) is 49.7 cm³/mol. The predicted octanol–water partition coefficient (Wildman–Crippen LogP) is 2.89. The van der Waals surface area contributed by atoms with Crippen molar-refractivity contribution in [2.45, 2.75) is 32.3 Å². The van der Waals surface area contributed by atoms with Gasteiger partial charge in [0.1, 0.15) is 6.10 Å². The van der Waals surface area contributed by atoms with Crippen molar-refractivity contribution >= 4 is 0 Å². The smallest absolute Gasteiger partial charge is 0.101 e. The first-order valence-electron chi connectivity index (χ1n) is 4.76. The number of allylic oxidation sites excluding steroid dienone is 2. The summed E-state index contributed by atoms with van der Waals surface area (Å²) in [6.07, 6.45) is 8.18. The maximum absolute atomic E-state index is 5.47. The van der Waals surface area contributed by atoms with Gasteiger partial charge in [0, 0.05) is 5.92 Å². The third-order valence-corrected chi connectivity index (χ3v) is 3.29. The summed E-state index contributed by atoms with van der Waals surface area (Å²) < 4.78 is 5.47. The molecule has 0 aromatic carbocycles. The number of ether oxygens (including phenoxy) is 1. The van der Waals surface area contributed by atoms with Crippen molar-refractivity contribution in [1.29, 1.82) is 0 Å². The summed E-state index contributed by atoms with van der Waals surface area (Å²) in [7, 11) is 0. The molecule has 1 nitrogen and oxygen atoms in total. The molecule has 2 saturated carbocycles. The van der Waals surface area contributed by atoms with E-state index in [0.29, 0.717) is 6.10 Å². The van der Waals surface area contributed by atoms with Crippen molar-refractivity contribution in [3.8, 4) is 0 Å². The second-order valence-electron chi connectivity index (χ2n) is 3.84. The average molecular weight is 164 g/mol. The molecule has 3 unspecified atom stereocenters. The molecule has 0 aromatic heterocycles. The third kappa shape index (κ3) is 1.08. The lowest BCUT2D eigenvalue weighted by atomic mass is 9.92. The van der Waals surface area contributed by atoms with Gasteiger partial charge >= 0.3 is 0 Å². The lowest BCUT2D eigenvalue weighted by Crippen LogP contribution is -2.18.